The van der Waals surface area contributed by atoms with E-state index in [0.717, 1.165) is 31.7 Å². The van der Waals surface area contributed by atoms with Gasteiger partial charge in [0.15, 0.2) is 5.78 Å². The van der Waals surface area contributed by atoms with E-state index in [0.29, 0.717) is 16.4 Å². The SMILES string of the molecule is COC(=O)c1ccc(=O)n(CC(=O)c2cnsc2)c1-c1cc(NCc2ccc(Cl)s2)n(C(=O)c2ccno2)n1. The molecule has 0 fully saturated rings. The molecule has 0 aliphatic carbocycles. The molecule has 0 spiro atoms. The lowest BCUT2D eigenvalue weighted by Crippen LogP contribution is -2.27. The summed E-state index contributed by atoms with van der Waals surface area (Å²) in [4.78, 5) is 52.8. The number of carbonyl (C=O) groups excluding carboxylic acids is 3. The van der Waals surface area contributed by atoms with Crippen LogP contribution in [-0.4, -0.2) is 48.6 Å². The van der Waals surface area contributed by atoms with Crippen molar-refractivity contribution in [2.24, 2.45) is 0 Å². The molecule has 5 aromatic heterocycles. The number of thiophene rings is 1. The number of aromatic nitrogens is 5. The van der Waals surface area contributed by atoms with Crippen LogP contribution in [0.3, 0.4) is 0 Å². The number of pyridine rings is 1. The molecular formula is C24H17ClN6O6S2. The first-order valence-corrected chi connectivity index (χ1v) is 13.2. The van der Waals surface area contributed by atoms with E-state index in [1.54, 1.807) is 11.4 Å². The molecule has 198 valence electrons. The Kier molecular flexibility index (Phi) is 7.49. The lowest BCUT2D eigenvalue weighted by Gasteiger charge is -2.13. The first-order chi connectivity index (χ1) is 18.9. The third kappa shape index (κ3) is 5.43. The highest BCUT2D eigenvalue weighted by Gasteiger charge is 2.26. The normalized spacial score (nSPS) is 10.9. The number of hydrogen-bond acceptors (Lipinski definition) is 12. The number of ether oxygens (including phenoxy) is 1. The average molecular weight is 585 g/mol. The molecule has 0 bridgehead atoms. The van der Waals surface area contributed by atoms with E-state index in [1.807, 2.05) is 6.07 Å². The second-order valence-electron chi connectivity index (χ2n) is 7.92. The maximum absolute atomic E-state index is 13.2. The number of rotatable bonds is 9. The quantitative estimate of drug-likeness (QED) is 0.200. The highest BCUT2D eigenvalue weighted by atomic mass is 35.5. The molecule has 5 aromatic rings. The van der Waals surface area contributed by atoms with Crippen molar-refractivity contribution < 1.29 is 23.6 Å². The molecule has 15 heteroatoms. The number of anilines is 1. The summed E-state index contributed by atoms with van der Waals surface area (Å²) in [6.07, 6.45) is 2.71. The van der Waals surface area contributed by atoms with Crippen LogP contribution in [0.15, 0.2) is 63.5 Å². The number of halogens is 1. The zero-order chi connectivity index (χ0) is 27.5. The van der Waals surface area contributed by atoms with Crippen LogP contribution in [-0.2, 0) is 17.8 Å². The lowest BCUT2D eigenvalue weighted by atomic mass is 10.1. The molecule has 0 saturated carbocycles. The standard InChI is InChI=1S/C24H17ClN6O6S2/c1-36-24(35)15-3-5-21(33)30(11-17(32)13-9-28-38-12-13)22(15)16-8-20(26-10-14-2-4-19(25)39-14)31(29-16)23(34)18-6-7-27-37-18/h2-9,12,26H,10-11H2,1H3. The van der Waals surface area contributed by atoms with Crippen molar-refractivity contribution in [3.63, 3.8) is 0 Å². The Balaban J connectivity index is 1.64. The van der Waals surface area contributed by atoms with Gasteiger partial charge in [-0.3, -0.25) is 19.0 Å². The van der Waals surface area contributed by atoms with Crippen molar-refractivity contribution in [3.05, 3.63) is 90.6 Å². The Morgan fingerprint density at radius 1 is 1.18 bits per heavy atom. The van der Waals surface area contributed by atoms with Gasteiger partial charge in [-0.25, -0.2) is 9.17 Å². The predicted molar refractivity (Wildman–Crippen MR) is 143 cm³/mol. The van der Waals surface area contributed by atoms with Crippen LogP contribution in [0.2, 0.25) is 4.34 Å². The Labute approximate surface area is 232 Å². The molecule has 0 amide bonds. The molecule has 0 radical (unpaired) electrons. The number of Topliss-reactive ketones (excluding diaryl/α,β-unsaturated/α-hetero) is 1. The largest absolute Gasteiger partial charge is 0.465 e. The van der Waals surface area contributed by atoms with Crippen molar-refractivity contribution in [2.45, 2.75) is 13.1 Å². The number of ketones is 1. The minimum Gasteiger partial charge on any atom is -0.465 e. The fraction of sp³-hybridized carbons (Fsp3) is 0.125. The third-order valence-electron chi connectivity index (χ3n) is 5.51. The Morgan fingerprint density at radius 3 is 2.69 bits per heavy atom. The lowest BCUT2D eigenvalue weighted by molar-refractivity contribution is 0.0600. The first-order valence-electron chi connectivity index (χ1n) is 11.1. The Bertz CT molecular complexity index is 1720. The monoisotopic (exact) mass is 584 g/mol. The van der Waals surface area contributed by atoms with Crippen molar-refractivity contribution >= 4 is 57.9 Å². The Hall–Kier alpha value is -4.40. The van der Waals surface area contributed by atoms with Crippen LogP contribution in [0, 0.1) is 0 Å². The molecule has 0 unspecified atom stereocenters. The van der Waals surface area contributed by atoms with Crippen LogP contribution >= 0.6 is 34.5 Å². The second-order valence-corrected chi connectivity index (χ2v) is 10.4. The van der Waals surface area contributed by atoms with Gasteiger partial charge in [0.2, 0.25) is 5.76 Å². The minimum absolute atomic E-state index is 0.00257. The molecular weight excluding hydrogens is 568 g/mol. The van der Waals surface area contributed by atoms with Crippen LogP contribution in [0.4, 0.5) is 5.82 Å². The van der Waals surface area contributed by atoms with Gasteiger partial charge in [0.25, 0.3) is 5.56 Å². The second kappa shape index (κ2) is 11.1. The number of nitrogens with zero attached hydrogens (tertiary/aromatic N) is 5. The molecule has 0 aliphatic heterocycles. The van der Waals surface area contributed by atoms with Crippen LogP contribution in [0.25, 0.3) is 11.4 Å². The van der Waals surface area contributed by atoms with E-state index in [1.165, 1.54) is 49.0 Å². The van der Waals surface area contributed by atoms with Gasteiger partial charge < -0.3 is 14.6 Å². The molecule has 39 heavy (non-hydrogen) atoms. The number of carbonyl (C=O) groups is 3. The molecule has 0 atom stereocenters. The molecule has 5 heterocycles. The summed E-state index contributed by atoms with van der Waals surface area (Å²) < 4.78 is 16.6. The van der Waals surface area contributed by atoms with Crippen LogP contribution < -0.4 is 10.9 Å². The summed E-state index contributed by atoms with van der Waals surface area (Å²) in [5.41, 5.74) is -0.222. The van der Waals surface area contributed by atoms with E-state index in [2.05, 4.69) is 19.9 Å². The molecule has 1 N–H and O–H groups in total. The number of esters is 1. The highest BCUT2D eigenvalue weighted by Crippen LogP contribution is 2.28. The fourth-order valence-electron chi connectivity index (χ4n) is 3.70. The molecule has 0 aromatic carbocycles. The predicted octanol–water partition coefficient (Wildman–Crippen LogP) is 3.84. The van der Waals surface area contributed by atoms with Gasteiger partial charge >= 0.3 is 11.9 Å². The number of hydrogen-bond donors (Lipinski definition) is 1. The summed E-state index contributed by atoms with van der Waals surface area (Å²) >= 11 is 8.48. The van der Waals surface area contributed by atoms with E-state index >= 15 is 0 Å². The van der Waals surface area contributed by atoms with Crippen molar-refractivity contribution in [1.29, 1.82) is 0 Å². The smallest absolute Gasteiger partial charge is 0.340 e. The summed E-state index contributed by atoms with van der Waals surface area (Å²) in [7, 11) is 1.19. The highest BCUT2D eigenvalue weighted by molar-refractivity contribution is 7.16. The molecule has 5 rings (SSSR count). The summed E-state index contributed by atoms with van der Waals surface area (Å²) in [6.45, 7) is -0.113. The molecule has 12 nitrogen and oxygen atoms in total. The van der Waals surface area contributed by atoms with Crippen LogP contribution in [0.5, 0.6) is 0 Å². The Morgan fingerprint density at radius 2 is 2.03 bits per heavy atom. The van der Waals surface area contributed by atoms with Crippen LogP contribution in [0.1, 0.15) is 36.1 Å². The third-order valence-corrected chi connectivity index (χ3v) is 7.33. The fourth-order valence-corrected chi connectivity index (χ4v) is 5.27. The average Bonchev–Trinajstić information content (AvgIpc) is 3.75. The van der Waals surface area contributed by atoms with Gasteiger partial charge in [-0.05, 0) is 29.7 Å². The van der Waals surface area contributed by atoms with Gasteiger partial charge in [0, 0.05) is 28.5 Å². The summed E-state index contributed by atoms with van der Waals surface area (Å²) in [5, 5.41) is 12.7. The summed E-state index contributed by atoms with van der Waals surface area (Å²) in [6, 6.07) is 8.88. The maximum atomic E-state index is 13.2. The van der Waals surface area contributed by atoms with Gasteiger partial charge in [0.1, 0.15) is 11.5 Å². The number of nitrogens with one attached hydrogen (secondary N) is 1. The van der Waals surface area contributed by atoms with E-state index < -0.39 is 29.8 Å². The maximum Gasteiger partial charge on any atom is 0.340 e. The van der Waals surface area contributed by atoms with E-state index in [-0.39, 0.29) is 28.5 Å². The first kappa shape index (κ1) is 26.2. The van der Waals surface area contributed by atoms with Gasteiger partial charge in [-0.1, -0.05) is 16.8 Å². The summed E-state index contributed by atoms with van der Waals surface area (Å²) in [5.74, 6) is -1.69. The van der Waals surface area contributed by atoms with Gasteiger partial charge in [-0.2, -0.15) is 9.78 Å². The van der Waals surface area contributed by atoms with Crippen molar-refractivity contribution in [1.82, 2.24) is 23.9 Å². The zero-order valence-electron chi connectivity index (χ0n) is 20.0. The molecule has 0 aliphatic rings. The number of methoxy groups -OCH3 is 1. The zero-order valence-corrected chi connectivity index (χ0v) is 22.4. The van der Waals surface area contributed by atoms with Gasteiger partial charge in [-0.15, -0.1) is 11.3 Å². The minimum atomic E-state index is -0.762. The van der Waals surface area contributed by atoms with Crippen molar-refractivity contribution in [3.8, 4) is 11.4 Å². The van der Waals surface area contributed by atoms with E-state index in [9.17, 15) is 19.2 Å². The topological polar surface area (TPSA) is 151 Å². The van der Waals surface area contributed by atoms with Gasteiger partial charge in [0.05, 0.1) is 53.8 Å². The van der Waals surface area contributed by atoms with E-state index in [4.69, 9.17) is 20.9 Å². The molecule has 0 saturated heterocycles. The van der Waals surface area contributed by atoms with Crippen molar-refractivity contribution in [2.75, 3.05) is 12.4 Å².